The fraction of sp³-hybridized carbons (Fsp3) is 0.0833. The van der Waals surface area contributed by atoms with Gasteiger partial charge in [-0.3, -0.25) is 5.21 Å². The van der Waals surface area contributed by atoms with Gasteiger partial charge in [0.25, 0.3) is 10.0 Å². The van der Waals surface area contributed by atoms with E-state index in [9.17, 15) is 8.42 Å². The molecule has 0 fully saturated rings. The number of nitrogens with zero attached hydrogens (tertiary/aromatic N) is 2. The molecule has 4 aromatic rings. The number of halogens is 1. The van der Waals surface area contributed by atoms with Gasteiger partial charge >= 0.3 is 0 Å². The fourth-order valence-corrected chi connectivity index (χ4v) is 7.15. The standard InChI is InChI=1S/C24H19ClN4O5S3/c25-17-10-21(35-11-14-6-7-19-20(8-14)34-13-33-19)22(37(31,32)29-24(26)28-30)9-16(17)23-27-18(12-36-23)15-4-2-1-3-5-15/h1-10,12,30H,11,13H2,(H3,26,28,29). The van der Waals surface area contributed by atoms with E-state index in [0.717, 1.165) is 16.8 Å². The summed E-state index contributed by atoms with van der Waals surface area (Å²) in [6.45, 7) is 0.159. The van der Waals surface area contributed by atoms with Gasteiger partial charge in [0, 0.05) is 27.2 Å². The number of hydrogen-bond acceptors (Lipinski definition) is 8. The average molecular weight is 575 g/mol. The highest BCUT2D eigenvalue weighted by Crippen LogP contribution is 2.41. The van der Waals surface area contributed by atoms with Gasteiger partial charge in [-0.25, -0.2) is 10.5 Å². The van der Waals surface area contributed by atoms with Gasteiger partial charge in [0.2, 0.25) is 12.8 Å². The Kier molecular flexibility index (Phi) is 7.26. The summed E-state index contributed by atoms with van der Waals surface area (Å²) in [7, 11) is -4.32. The van der Waals surface area contributed by atoms with Gasteiger partial charge in [0.1, 0.15) is 9.90 Å². The van der Waals surface area contributed by atoms with Crippen molar-refractivity contribution in [1.82, 2.24) is 10.5 Å². The third kappa shape index (κ3) is 5.53. The topological polar surface area (TPSA) is 136 Å². The van der Waals surface area contributed by atoms with Crippen LogP contribution in [0.1, 0.15) is 5.56 Å². The minimum Gasteiger partial charge on any atom is -0.454 e. The molecule has 0 aliphatic carbocycles. The molecule has 0 bridgehead atoms. The summed E-state index contributed by atoms with van der Waals surface area (Å²) >= 11 is 9.24. The molecule has 2 heterocycles. The maximum Gasteiger partial charge on any atom is 0.286 e. The van der Waals surface area contributed by atoms with Crippen molar-refractivity contribution >= 4 is 50.7 Å². The molecule has 0 unspecified atom stereocenters. The second-order valence-electron chi connectivity index (χ2n) is 7.72. The highest BCUT2D eigenvalue weighted by Gasteiger charge is 2.24. The van der Waals surface area contributed by atoms with Gasteiger partial charge in [-0.1, -0.05) is 48.0 Å². The van der Waals surface area contributed by atoms with Gasteiger partial charge in [-0.2, -0.15) is 8.42 Å². The number of sulfonamides is 1. The number of hydrogen-bond donors (Lipinski definition) is 3. The molecule has 5 rings (SSSR count). The van der Waals surface area contributed by atoms with Crippen LogP contribution < -0.4 is 20.7 Å². The maximum atomic E-state index is 13.2. The van der Waals surface area contributed by atoms with E-state index >= 15 is 0 Å². The van der Waals surface area contributed by atoms with Crippen LogP contribution in [0, 0.1) is 0 Å². The normalized spacial score (nSPS) is 13.1. The molecule has 1 aliphatic heterocycles. The van der Waals surface area contributed by atoms with Crippen LogP contribution in [-0.4, -0.2) is 31.4 Å². The minimum absolute atomic E-state index is 0.118. The van der Waals surface area contributed by atoms with Gasteiger partial charge in [-0.15, -0.1) is 27.5 Å². The molecule has 0 spiro atoms. The second kappa shape index (κ2) is 10.6. The first-order valence-electron chi connectivity index (χ1n) is 10.7. The molecule has 3 aromatic carbocycles. The molecular weight excluding hydrogens is 556 g/mol. The first kappa shape index (κ1) is 25.4. The van der Waals surface area contributed by atoms with Crippen LogP contribution >= 0.6 is 34.7 Å². The zero-order chi connectivity index (χ0) is 26.0. The summed E-state index contributed by atoms with van der Waals surface area (Å²) in [5.74, 6) is 1.04. The lowest BCUT2D eigenvalue weighted by molar-refractivity contribution is 0.174. The minimum atomic E-state index is -4.32. The SMILES string of the molecule is NC(=NS(=O)(=O)c1cc(-c2nc(-c3ccccc3)cs2)c(Cl)cc1SCc1ccc2c(c1)OCO2)NO. The lowest BCUT2D eigenvalue weighted by Crippen LogP contribution is -2.29. The number of guanidine groups is 1. The van der Waals surface area contributed by atoms with Crippen LogP contribution in [0.5, 0.6) is 11.5 Å². The van der Waals surface area contributed by atoms with Crippen LogP contribution in [0.2, 0.25) is 5.02 Å². The Balaban J connectivity index is 1.53. The summed E-state index contributed by atoms with van der Waals surface area (Å²) in [6.07, 6.45) is 0. The Morgan fingerprint density at radius 3 is 2.73 bits per heavy atom. The van der Waals surface area contributed by atoms with E-state index in [1.165, 1.54) is 29.2 Å². The van der Waals surface area contributed by atoms with Crippen molar-refractivity contribution in [1.29, 1.82) is 0 Å². The molecule has 37 heavy (non-hydrogen) atoms. The van der Waals surface area contributed by atoms with Crippen LogP contribution in [0.15, 0.2) is 80.2 Å². The predicted octanol–water partition coefficient (Wildman–Crippen LogP) is 5.13. The Labute approximate surface area is 225 Å². The molecule has 190 valence electrons. The average Bonchev–Trinajstić information content (AvgIpc) is 3.57. The molecule has 0 amide bonds. The molecule has 4 N–H and O–H groups in total. The number of benzene rings is 3. The molecule has 1 aromatic heterocycles. The maximum absolute atomic E-state index is 13.2. The molecule has 1 aliphatic rings. The lowest BCUT2D eigenvalue weighted by atomic mass is 10.2. The van der Waals surface area contributed by atoms with Gasteiger partial charge in [0.15, 0.2) is 11.5 Å². The highest BCUT2D eigenvalue weighted by molar-refractivity contribution is 7.99. The number of fused-ring (bicyclic) bond motifs is 1. The van der Waals surface area contributed by atoms with Crippen LogP contribution in [0.4, 0.5) is 0 Å². The highest BCUT2D eigenvalue weighted by atomic mass is 35.5. The number of nitrogens with two attached hydrogens (primary N) is 1. The van der Waals surface area contributed by atoms with E-state index < -0.39 is 16.0 Å². The Bertz CT molecular complexity index is 1590. The molecular formula is C24H19ClN4O5S3. The number of thioether (sulfide) groups is 1. The summed E-state index contributed by atoms with van der Waals surface area (Å²) in [5, 5.41) is 11.8. The van der Waals surface area contributed by atoms with Gasteiger partial charge in [0.05, 0.1) is 10.7 Å². The van der Waals surface area contributed by atoms with Crippen molar-refractivity contribution in [3.8, 4) is 33.3 Å². The smallest absolute Gasteiger partial charge is 0.286 e. The third-order valence-corrected chi connectivity index (χ3v) is 9.05. The molecule has 0 atom stereocenters. The van der Waals surface area contributed by atoms with Gasteiger partial charge in [-0.05, 0) is 29.8 Å². The molecule has 13 heteroatoms. The number of aromatic nitrogens is 1. The number of nitrogens with one attached hydrogen (secondary N) is 1. The van der Waals surface area contributed by atoms with E-state index in [-0.39, 0.29) is 11.7 Å². The zero-order valence-electron chi connectivity index (χ0n) is 18.9. The van der Waals surface area contributed by atoms with Crippen LogP contribution in [0.3, 0.4) is 0 Å². The number of hydroxylamine groups is 1. The number of ether oxygens (including phenoxy) is 2. The van der Waals surface area contributed by atoms with Crippen molar-refractivity contribution in [3.63, 3.8) is 0 Å². The monoisotopic (exact) mass is 574 g/mol. The quantitative estimate of drug-likeness (QED) is 0.119. The zero-order valence-corrected chi connectivity index (χ0v) is 22.1. The Morgan fingerprint density at radius 2 is 1.95 bits per heavy atom. The third-order valence-electron chi connectivity index (χ3n) is 5.28. The Hall–Kier alpha value is -3.29. The van der Waals surface area contributed by atoms with Crippen molar-refractivity contribution in [3.05, 3.63) is 76.6 Å². The van der Waals surface area contributed by atoms with E-state index in [1.54, 1.807) is 17.6 Å². The molecule has 0 saturated carbocycles. The number of rotatable bonds is 7. The summed E-state index contributed by atoms with van der Waals surface area (Å²) in [4.78, 5) is 4.91. The van der Waals surface area contributed by atoms with E-state index in [1.807, 2.05) is 47.8 Å². The summed E-state index contributed by atoms with van der Waals surface area (Å²) in [5.41, 5.74) is 10.0. The summed E-state index contributed by atoms with van der Waals surface area (Å²) < 4.78 is 40.6. The van der Waals surface area contributed by atoms with Gasteiger partial charge < -0.3 is 15.2 Å². The predicted molar refractivity (Wildman–Crippen MR) is 144 cm³/mol. The molecule has 9 nitrogen and oxygen atoms in total. The van der Waals surface area contributed by atoms with Crippen LogP contribution in [-0.2, 0) is 15.8 Å². The second-order valence-corrected chi connectivity index (χ2v) is 11.6. The largest absolute Gasteiger partial charge is 0.454 e. The lowest BCUT2D eigenvalue weighted by Gasteiger charge is -2.12. The Morgan fingerprint density at radius 1 is 1.16 bits per heavy atom. The van der Waals surface area contributed by atoms with Crippen molar-refractivity contribution in [2.24, 2.45) is 10.1 Å². The first-order chi connectivity index (χ1) is 17.8. The number of thiazole rings is 1. The van der Waals surface area contributed by atoms with E-state index in [0.29, 0.717) is 37.7 Å². The van der Waals surface area contributed by atoms with E-state index in [2.05, 4.69) is 9.38 Å². The van der Waals surface area contributed by atoms with E-state index in [4.69, 9.17) is 32.0 Å². The summed E-state index contributed by atoms with van der Waals surface area (Å²) in [6, 6.07) is 18.1. The van der Waals surface area contributed by atoms with Crippen molar-refractivity contribution in [2.45, 2.75) is 15.5 Å². The first-order valence-corrected chi connectivity index (χ1v) is 14.4. The fourth-order valence-electron chi connectivity index (χ4n) is 3.54. The van der Waals surface area contributed by atoms with Crippen molar-refractivity contribution in [2.75, 3.05) is 6.79 Å². The molecule has 0 saturated heterocycles. The van der Waals surface area contributed by atoms with Crippen molar-refractivity contribution < 1.29 is 23.1 Å². The van der Waals surface area contributed by atoms with Crippen LogP contribution in [0.25, 0.3) is 21.8 Å². The molecule has 0 radical (unpaired) electrons.